The topological polar surface area (TPSA) is 129 Å². The number of Topliss-reactive ketones (excluding diaryl/α,β-unsaturated/α-hetero) is 1. The van der Waals surface area contributed by atoms with Crippen molar-refractivity contribution in [3.8, 4) is 6.07 Å². The zero-order valence-corrected chi connectivity index (χ0v) is 13.4. The van der Waals surface area contributed by atoms with Crippen molar-refractivity contribution in [1.29, 1.82) is 5.26 Å². The molecule has 1 aliphatic heterocycles. The summed E-state index contributed by atoms with van der Waals surface area (Å²) in [5.41, 5.74) is 8.23. The number of nitrogens with zero attached hydrogens (tertiary/aromatic N) is 1. The average Bonchev–Trinajstić information content (AvgIpc) is 2.81. The molecule has 0 spiro atoms. The predicted molar refractivity (Wildman–Crippen MR) is 83.8 cm³/mol. The summed E-state index contributed by atoms with van der Waals surface area (Å²) >= 11 is 0. The molecule has 0 fully saturated rings. The molecule has 0 bridgehead atoms. The molecule has 0 saturated carbocycles. The van der Waals surface area contributed by atoms with Crippen LogP contribution in [0.5, 0.6) is 0 Å². The van der Waals surface area contributed by atoms with E-state index in [1.165, 1.54) is 0 Å². The molecule has 1 aromatic heterocycles. The first-order chi connectivity index (χ1) is 11.4. The second kappa shape index (κ2) is 5.57. The number of carboxylic acid groups (broad SMARTS) is 1. The van der Waals surface area contributed by atoms with Crippen LogP contribution in [0.15, 0.2) is 22.8 Å². The van der Waals surface area contributed by atoms with Gasteiger partial charge in [-0.2, -0.15) is 5.26 Å². The van der Waals surface area contributed by atoms with Gasteiger partial charge in [-0.05, 0) is 31.4 Å². The molecule has 24 heavy (non-hydrogen) atoms. The molecule has 2 aliphatic rings. The van der Waals surface area contributed by atoms with Crippen LogP contribution in [-0.4, -0.2) is 21.8 Å². The number of ketones is 1. The minimum atomic E-state index is -1.09. The van der Waals surface area contributed by atoms with E-state index >= 15 is 0 Å². The number of nitrogens with one attached hydrogen (secondary N) is 1. The lowest BCUT2D eigenvalue weighted by molar-refractivity contribution is -0.116. The number of aromatic nitrogens is 1. The zero-order valence-electron chi connectivity index (χ0n) is 13.4. The Hall–Kier alpha value is -3.01. The molecule has 1 aromatic rings. The maximum atomic E-state index is 12.5. The second-order valence-electron chi connectivity index (χ2n) is 6.01. The van der Waals surface area contributed by atoms with E-state index in [2.05, 4.69) is 4.98 Å². The summed E-state index contributed by atoms with van der Waals surface area (Å²) in [6.45, 7) is 3.39. The Bertz CT molecular complexity index is 867. The van der Waals surface area contributed by atoms with Crippen molar-refractivity contribution in [3.63, 3.8) is 0 Å². The van der Waals surface area contributed by atoms with Gasteiger partial charge in [-0.15, -0.1) is 0 Å². The SMILES string of the molecule is Cc1[nH]c(C(=O)O)c(C)c1C1C(C#N)=C(N)OC2=C1C(=O)CCC2. The van der Waals surface area contributed by atoms with Crippen LogP contribution in [0.2, 0.25) is 0 Å². The summed E-state index contributed by atoms with van der Waals surface area (Å²) in [4.78, 5) is 26.7. The number of aromatic carboxylic acids is 1. The third-order valence-electron chi connectivity index (χ3n) is 4.60. The number of carbonyl (C=O) groups is 2. The Balaban J connectivity index is 2.28. The fourth-order valence-corrected chi connectivity index (χ4v) is 3.56. The van der Waals surface area contributed by atoms with Crippen molar-refractivity contribution in [2.75, 3.05) is 0 Å². The molecule has 124 valence electrons. The zero-order chi connectivity index (χ0) is 17.6. The van der Waals surface area contributed by atoms with Crippen molar-refractivity contribution >= 4 is 11.8 Å². The summed E-state index contributed by atoms with van der Waals surface area (Å²) < 4.78 is 5.52. The van der Waals surface area contributed by atoms with Crippen molar-refractivity contribution in [2.45, 2.75) is 39.0 Å². The van der Waals surface area contributed by atoms with Gasteiger partial charge in [-0.1, -0.05) is 0 Å². The van der Waals surface area contributed by atoms with Crippen LogP contribution in [0.1, 0.15) is 52.5 Å². The summed E-state index contributed by atoms with van der Waals surface area (Å²) in [7, 11) is 0. The van der Waals surface area contributed by atoms with Gasteiger partial charge < -0.3 is 20.6 Å². The lowest BCUT2D eigenvalue weighted by atomic mass is 9.76. The molecule has 4 N–H and O–H groups in total. The van der Waals surface area contributed by atoms with Gasteiger partial charge in [0.05, 0.1) is 5.92 Å². The molecule has 1 aliphatic carbocycles. The molecule has 2 heterocycles. The number of hydrogen-bond acceptors (Lipinski definition) is 5. The van der Waals surface area contributed by atoms with Crippen LogP contribution < -0.4 is 5.73 Å². The highest BCUT2D eigenvalue weighted by Crippen LogP contribution is 2.45. The first-order valence-electron chi connectivity index (χ1n) is 7.63. The van der Waals surface area contributed by atoms with E-state index in [4.69, 9.17) is 10.5 Å². The highest BCUT2D eigenvalue weighted by atomic mass is 16.5. The Morgan fingerprint density at radius 3 is 2.71 bits per heavy atom. The minimum Gasteiger partial charge on any atom is -0.477 e. The van der Waals surface area contributed by atoms with Gasteiger partial charge in [0.1, 0.15) is 23.1 Å². The number of rotatable bonds is 2. The Morgan fingerprint density at radius 1 is 1.42 bits per heavy atom. The molecule has 0 aromatic carbocycles. The number of aryl methyl sites for hydroxylation is 1. The fraction of sp³-hybridized carbons (Fsp3) is 0.353. The highest BCUT2D eigenvalue weighted by molar-refractivity contribution is 6.00. The van der Waals surface area contributed by atoms with Crippen LogP contribution in [0.25, 0.3) is 0 Å². The monoisotopic (exact) mass is 327 g/mol. The Morgan fingerprint density at radius 2 is 2.12 bits per heavy atom. The largest absolute Gasteiger partial charge is 0.477 e. The van der Waals surface area contributed by atoms with Gasteiger partial charge in [0.25, 0.3) is 0 Å². The number of allylic oxidation sites excluding steroid dienone is 3. The lowest BCUT2D eigenvalue weighted by Crippen LogP contribution is -2.27. The maximum Gasteiger partial charge on any atom is 0.352 e. The number of carbonyl (C=O) groups excluding carboxylic acids is 1. The molecule has 0 saturated heterocycles. The fourth-order valence-electron chi connectivity index (χ4n) is 3.56. The number of H-pyrrole nitrogens is 1. The highest BCUT2D eigenvalue weighted by Gasteiger charge is 2.40. The second-order valence-corrected chi connectivity index (χ2v) is 6.01. The van der Waals surface area contributed by atoms with Crippen LogP contribution in [0.3, 0.4) is 0 Å². The van der Waals surface area contributed by atoms with Gasteiger partial charge in [0.15, 0.2) is 5.78 Å². The van der Waals surface area contributed by atoms with E-state index in [1.807, 2.05) is 6.07 Å². The normalized spacial score (nSPS) is 20.5. The van der Waals surface area contributed by atoms with Crippen LogP contribution >= 0.6 is 0 Å². The van der Waals surface area contributed by atoms with Gasteiger partial charge in [0.2, 0.25) is 5.88 Å². The van der Waals surface area contributed by atoms with Gasteiger partial charge >= 0.3 is 5.97 Å². The summed E-state index contributed by atoms with van der Waals surface area (Å²) in [6, 6.07) is 2.03. The third kappa shape index (κ3) is 2.19. The number of nitriles is 1. The van der Waals surface area contributed by atoms with Crippen molar-refractivity contribution in [3.05, 3.63) is 45.3 Å². The molecule has 0 amide bonds. The molecule has 1 unspecified atom stereocenters. The molecule has 0 radical (unpaired) electrons. The quantitative estimate of drug-likeness (QED) is 0.763. The van der Waals surface area contributed by atoms with E-state index in [-0.39, 0.29) is 22.9 Å². The maximum absolute atomic E-state index is 12.5. The minimum absolute atomic E-state index is 0.0205. The average molecular weight is 327 g/mol. The number of aromatic amines is 1. The van der Waals surface area contributed by atoms with Gasteiger partial charge in [-0.3, -0.25) is 4.79 Å². The third-order valence-corrected chi connectivity index (χ3v) is 4.60. The lowest BCUT2D eigenvalue weighted by Gasteiger charge is -2.31. The number of nitrogens with two attached hydrogens (primary N) is 1. The standard InChI is InChI=1S/C17H17N3O4/c1-7-12(8(2)20-15(7)17(22)23)13-9(6-18)16(19)24-11-5-3-4-10(21)14(11)13/h13,20H,3-5,19H2,1-2H3,(H,22,23). The summed E-state index contributed by atoms with van der Waals surface area (Å²) in [5, 5.41) is 18.9. The molecule has 7 nitrogen and oxygen atoms in total. The van der Waals surface area contributed by atoms with E-state index in [9.17, 15) is 20.0 Å². The van der Waals surface area contributed by atoms with Crippen LogP contribution in [0.4, 0.5) is 0 Å². The Labute approximate surface area is 138 Å². The predicted octanol–water partition coefficient (Wildman–Crippen LogP) is 2.14. The van der Waals surface area contributed by atoms with Gasteiger partial charge in [-0.25, -0.2) is 4.79 Å². The van der Waals surface area contributed by atoms with E-state index in [0.717, 1.165) is 0 Å². The molecule has 7 heteroatoms. The van der Waals surface area contributed by atoms with Crippen LogP contribution in [0, 0.1) is 25.2 Å². The molecular weight excluding hydrogens is 310 g/mol. The number of ether oxygens (including phenoxy) is 1. The van der Waals surface area contributed by atoms with Crippen molar-refractivity contribution in [2.24, 2.45) is 5.73 Å². The van der Waals surface area contributed by atoms with Crippen molar-refractivity contribution < 1.29 is 19.4 Å². The molecule has 1 atom stereocenters. The summed E-state index contributed by atoms with van der Waals surface area (Å²) in [5.74, 6) is -1.39. The van der Waals surface area contributed by atoms with Crippen molar-refractivity contribution in [1.82, 2.24) is 4.98 Å². The van der Waals surface area contributed by atoms with E-state index < -0.39 is 11.9 Å². The molecule has 3 rings (SSSR count). The first-order valence-corrected chi connectivity index (χ1v) is 7.63. The number of hydrogen-bond donors (Lipinski definition) is 3. The van der Waals surface area contributed by atoms with Gasteiger partial charge in [0, 0.05) is 24.1 Å². The Kier molecular flexibility index (Phi) is 3.68. The smallest absolute Gasteiger partial charge is 0.352 e. The number of carboxylic acids is 1. The molecular formula is C17H17N3O4. The van der Waals surface area contributed by atoms with E-state index in [1.54, 1.807) is 13.8 Å². The van der Waals surface area contributed by atoms with E-state index in [0.29, 0.717) is 47.4 Å². The first kappa shape index (κ1) is 15.9. The summed E-state index contributed by atoms with van der Waals surface area (Å²) in [6.07, 6.45) is 1.63. The van der Waals surface area contributed by atoms with Crippen LogP contribution in [-0.2, 0) is 9.53 Å².